The first-order valence-corrected chi connectivity index (χ1v) is 8.31. The topological polar surface area (TPSA) is 75.7 Å². The highest BCUT2D eigenvalue weighted by molar-refractivity contribution is 6.01. The Morgan fingerprint density at radius 2 is 1.62 bits per heavy atom. The lowest BCUT2D eigenvalue weighted by Crippen LogP contribution is -2.26. The minimum atomic E-state index is -0.513. The molecular formula is C20H22N2O4. The van der Waals surface area contributed by atoms with Gasteiger partial charge in [-0.3, -0.25) is 9.59 Å². The van der Waals surface area contributed by atoms with Gasteiger partial charge in [0, 0.05) is 25.6 Å². The Labute approximate surface area is 152 Å². The normalized spacial score (nSPS) is 10.1. The number of rotatable bonds is 7. The molecule has 6 nitrogen and oxygen atoms in total. The van der Waals surface area contributed by atoms with Crippen LogP contribution in [-0.2, 0) is 14.3 Å². The standard InChI is InChI=1S/C20H22N2O4/c1-22(15-9-4-3-5-10-15)19(24)14-8-13-18(23)21-17-12-7-6-11-16(17)20(25)26-2/h3-7,9-12H,8,13-14H2,1-2H3,(H,21,23). The minimum Gasteiger partial charge on any atom is -0.465 e. The van der Waals surface area contributed by atoms with Gasteiger partial charge in [0.15, 0.2) is 0 Å². The largest absolute Gasteiger partial charge is 0.465 e. The van der Waals surface area contributed by atoms with Gasteiger partial charge in [0.2, 0.25) is 11.8 Å². The van der Waals surface area contributed by atoms with Gasteiger partial charge in [0.1, 0.15) is 0 Å². The fourth-order valence-corrected chi connectivity index (χ4v) is 2.46. The van der Waals surface area contributed by atoms with Crippen molar-refractivity contribution in [3.8, 4) is 0 Å². The summed E-state index contributed by atoms with van der Waals surface area (Å²) in [4.78, 5) is 37.6. The molecule has 0 fully saturated rings. The number of hydrogen-bond acceptors (Lipinski definition) is 4. The molecule has 1 N–H and O–H groups in total. The molecule has 2 rings (SSSR count). The first kappa shape index (κ1) is 19.2. The lowest BCUT2D eigenvalue weighted by atomic mass is 10.1. The Hall–Kier alpha value is -3.15. The van der Waals surface area contributed by atoms with Crippen LogP contribution in [-0.4, -0.2) is 31.9 Å². The van der Waals surface area contributed by atoms with E-state index in [1.54, 1.807) is 36.2 Å². The van der Waals surface area contributed by atoms with Gasteiger partial charge in [-0.1, -0.05) is 30.3 Å². The number of benzene rings is 2. The number of hydrogen-bond donors (Lipinski definition) is 1. The van der Waals surface area contributed by atoms with Crippen LogP contribution >= 0.6 is 0 Å². The average Bonchev–Trinajstić information content (AvgIpc) is 2.67. The molecule has 0 spiro atoms. The van der Waals surface area contributed by atoms with Gasteiger partial charge in [-0.2, -0.15) is 0 Å². The molecule has 0 aliphatic rings. The van der Waals surface area contributed by atoms with Crippen LogP contribution in [0.5, 0.6) is 0 Å². The van der Waals surface area contributed by atoms with E-state index in [1.807, 2.05) is 30.3 Å². The molecule has 2 aromatic rings. The van der Waals surface area contributed by atoms with Crippen LogP contribution in [0, 0.1) is 0 Å². The molecule has 2 aromatic carbocycles. The highest BCUT2D eigenvalue weighted by atomic mass is 16.5. The molecule has 0 heterocycles. The number of para-hydroxylation sites is 2. The number of anilines is 2. The molecule has 0 aromatic heterocycles. The number of ether oxygens (including phenoxy) is 1. The smallest absolute Gasteiger partial charge is 0.339 e. The van der Waals surface area contributed by atoms with Crippen molar-refractivity contribution < 1.29 is 19.1 Å². The predicted octanol–water partition coefficient (Wildman–Crippen LogP) is 3.25. The maximum Gasteiger partial charge on any atom is 0.339 e. The molecule has 0 radical (unpaired) electrons. The third kappa shape index (κ3) is 5.17. The molecule has 0 aliphatic carbocycles. The van der Waals surface area contributed by atoms with Gasteiger partial charge in [0.25, 0.3) is 0 Å². The zero-order valence-electron chi connectivity index (χ0n) is 14.9. The molecule has 6 heteroatoms. The third-order valence-electron chi connectivity index (χ3n) is 3.92. The summed E-state index contributed by atoms with van der Waals surface area (Å²) in [6.45, 7) is 0. The number of nitrogens with one attached hydrogen (secondary N) is 1. The summed E-state index contributed by atoms with van der Waals surface area (Å²) >= 11 is 0. The minimum absolute atomic E-state index is 0.0565. The van der Waals surface area contributed by atoms with Gasteiger partial charge in [-0.05, 0) is 30.7 Å². The second-order valence-electron chi connectivity index (χ2n) is 5.73. The summed E-state index contributed by atoms with van der Waals surface area (Å²) in [7, 11) is 3.00. The zero-order chi connectivity index (χ0) is 18.9. The second-order valence-corrected chi connectivity index (χ2v) is 5.73. The Morgan fingerprint density at radius 3 is 2.31 bits per heavy atom. The Balaban J connectivity index is 1.84. The van der Waals surface area contributed by atoms with Crippen molar-refractivity contribution in [1.82, 2.24) is 0 Å². The van der Waals surface area contributed by atoms with Gasteiger partial charge < -0.3 is 15.0 Å². The molecule has 0 unspecified atom stereocenters. The Morgan fingerprint density at radius 1 is 0.962 bits per heavy atom. The van der Waals surface area contributed by atoms with Crippen LogP contribution in [0.1, 0.15) is 29.6 Å². The van der Waals surface area contributed by atoms with Crippen molar-refractivity contribution in [2.24, 2.45) is 0 Å². The maximum atomic E-state index is 12.2. The quantitative estimate of drug-likeness (QED) is 0.775. The number of esters is 1. The van der Waals surface area contributed by atoms with Crippen LogP contribution < -0.4 is 10.2 Å². The maximum absolute atomic E-state index is 12.2. The summed E-state index contributed by atoms with van der Waals surface area (Å²) in [5.74, 6) is -0.823. The van der Waals surface area contributed by atoms with Crippen molar-refractivity contribution >= 4 is 29.2 Å². The van der Waals surface area contributed by atoms with E-state index >= 15 is 0 Å². The zero-order valence-corrected chi connectivity index (χ0v) is 14.9. The van der Waals surface area contributed by atoms with E-state index in [0.717, 1.165) is 5.69 Å². The fraction of sp³-hybridized carbons (Fsp3) is 0.250. The van der Waals surface area contributed by atoms with Crippen LogP contribution in [0.3, 0.4) is 0 Å². The monoisotopic (exact) mass is 354 g/mol. The van der Waals surface area contributed by atoms with Crippen molar-refractivity contribution in [3.63, 3.8) is 0 Å². The lowest BCUT2D eigenvalue weighted by Gasteiger charge is -2.17. The van der Waals surface area contributed by atoms with Crippen molar-refractivity contribution in [2.45, 2.75) is 19.3 Å². The number of nitrogens with zero attached hydrogens (tertiary/aromatic N) is 1. The number of carbonyl (C=O) groups excluding carboxylic acids is 3. The van der Waals surface area contributed by atoms with Crippen molar-refractivity contribution in [3.05, 3.63) is 60.2 Å². The second kappa shape index (κ2) is 9.36. The molecule has 136 valence electrons. The van der Waals surface area contributed by atoms with Gasteiger partial charge in [-0.25, -0.2) is 4.79 Å². The van der Waals surface area contributed by atoms with E-state index in [1.165, 1.54) is 7.11 Å². The number of carbonyl (C=O) groups is 3. The predicted molar refractivity (Wildman–Crippen MR) is 100 cm³/mol. The van der Waals surface area contributed by atoms with Gasteiger partial charge in [0.05, 0.1) is 18.4 Å². The third-order valence-corrected chi connectivity index (χ3v) is 3.92. The summed E-state index contributed by atoms with van der Waals surface area (Å²) in [6.07, 6.45) is 0.865. The summed E-state index contributed by atoms with van der Waals surface area (Å²) in [5, 5.41) is 2.70. The summed E-state index contributed by atoms with van der Waals surface area (Å²) in [5.41, 5.74) is 1.51. The molecule has 0 bridgehead atoms. The van der Waals surface area contributed by atoms with Gasteiger partial charge in [-0.15, -0.1) is 0 Å². The average molecular weight is 354 g/mol. The molecule has 0 saturated heterocycles. The van der Waals surface area contributed by atoms with Crippen LogP contribution in [0.15, 0.2) is 54.6 Å². The first-order chi connectivity index (χ1) is 12.5. The van der Waals surface area contributed by atoms with Crippen molar-refractivity contribution in [1.29, 1.82) is 0 Å². The number of methoxy groups -OCH3 is 1. The van der Waals surface area contributed by atoms with E-state index in [0.29, 0.717) is 17.7 Å². The highest BCUT2D eigenvalue weighted by Crippen LogP contribution is 2.17. The highest BCUT2D eigenvalue weighted by Gasteiger charge is 2.14. The van der Waals surface area contributed by atoms with Crippen LogP contribution in [0.25, 0.3) is 0 Å². The van der Waals surface area contributed by atoms with E-state index < -0.39 is 5.97 Å². The molecule has 0 aliphatic heterocycles. The van der Waals surface area contributed by atoms with E-state index in [-0.39, 0.29) is 24.7 Å². The van der Waals surface area contributed by atoms with Crippen molar-refractivity contribution in [2.75, 3.05) is 24.4 Å². The van der Waals surface area contributed by atoms with E-state index in [2.05, 4.69) is 5.32 Å². The van der Waals surface area contributed by atoms with Gasteiger partial charge >= 0.3 is 5.97 Å². The Bertz CT molecular complexity index is 774. The van der Waals surface area contributed by atoms with Crippen LogP contribution in [0.4, 0.5) is 11.4 Å². The molecule has 0 saturated carbocycles. The Kier molecular flexibility index (Phi) is 6.91. The van der Waals surface area contributed by atoms with E-state index in [9.17, 15) is 14.4 Å². The number of amides is 2. The molecule has 0 atom stereocenters. The molecule has 2 amide bonds. The van der Waals surface area contributed by atoms with E-state index in [4.69, 9.17) is 4.74 Å². The summed E-state index contributed by atoms with van der Waals surface area (Å²) < 4.78 is 4.70. The molecular weight excluding hydrogens is 332 g/mol. The lowest BCUT2D eigenvalue weighted by molar-refractivity contribution is -0.118. The first-order valence-electron chi connectivity index (χ1n) is 8.31. The SMILES string of the molecule is COC(=O)c1ccccc1NC(=O)CCCC(=O)N(C)c1ccccc1. The van der Waals surface area contributed by atoms with Crippen LogP contribution in [0.2, 0.25) is 0 Å². The fourth-order valence-electron chi connectivity index (χ4n) is 2.46. The summed E-state index contributed by atoms with van der Waals surface area (Å²) in [6, 6.07) is 16.0. The molecule has 26 heavy (non-hydrogen) atoms.